The number of sulfonamides is 1. The zero-order valence-electron chi connectivity index (χ0n) is 11.8. The molecule has 0 atom stereocenters. The van der Waals surface area contributed by atoms with E-state index in [1.165, 1.54) is 22.8 Å². The summed E-state index contributed by atoms with van der Waals surface area (Å²) < 4.78 is 39.3. The van der Waals surface area contributed by atoms with Gasteiger partial charge in [-0.25, -0.2) is 17.8 Å². The van der Waals surface area contributed by atoms with Crippen LogP contribution >= 0.6 is 0 Å². The second-order valence-electron chi connectivity index (χ2n) is 5.07. The molecule has 22 heavy (non-hydrogen) atoms. The minimum atomic E-state index is -3.56. The van der Waals surface area contributed by atoms with Gasteiger partial charge in [-0.05, 0) is 24.3 Å². The Bertz CT molecular complexity index is 709. The summed E-state index contributed by atoms with van der Waals surface area (Å²) in [5.41, 5.74) is 0. The van der Waals surface area contributed by atoms with E-state index in [0.717, 1.165) is 18.0 Å². The summed E-state index contributed by atoms with van der Waals surface area (Å²) in [6, 6.07) is 4.91. The molecule has 1 N–H and O–H groups in total. The number of hydrogen-bond donors (Lipinski definition) is 1. The first kappa shape index (κ1) is 15.1. The third kappa shape index (κ3) is 3.16. The molecule has 0 unspecified atom stereocenters. The lowest BCUT2D eigenvalue weighted by atomic mass is 10.3. The molecule has 1 aliphatic heterocycles. The van der Waals surface area contributed by atoms with Crippen LogP contribution in [0.3, 0.4) is 0 Å². The van der Waals surface area contributed by atoms with Gasteiger partial charge in [0, 0.05) is 26.2 Å². The number of nitrogens with one attached hydrogen (secondary N) is 1. The molecule has 1 aromatic heterocycles. The number of rotatable bonds is 4. The van der Waals surface area contributed by atoms with E-state index in [-0.39, 0.29) is 4.90 Å². The van der Waals surface area contributed by atoms with Crippen LogP contribution in [0.4, 0.5) is 4.39 Å². The number of aromatic amines is 1. The molecule has 1 saturated heterocycles. The Morgan fingerprint density at radius 2 is 1.82 bits per heavy atom. The van der Waals surface area contributed by atoms with Crippen LogP contribution in [-0.2, 0) is 16.6 Å². The molecule has 7 nitrogen and oxygen atoms in total. The van der Waals surface area contributed by atoms with Gasteiger partial charge in [-0.3, -0.25) is 10.00 Å². The smallest absolute Gasteiger partial charge is 0.243 e. The quantitative estimate of drug-likeness (QED) is 0.882. The summed E-state index contributed by atoms with van der Waals surface area (Å²) >= 11 is 0. The fourth-order valence-electron chi connectivity index (χ4n) is 2.40. The standard InChI is InChI=1S/C13H16FN5O2S/c14-11-1-3-12(4-2-11)22(20,21)19-7-5-18(6-8-19)9-13-15-10-16-17-13/h1-4,10H,5-9H2,(H,15,16,17). The Hall–Kier alpha value is -1.84. The van der Waals surface area contributed by atoms with E-state index >= 15 is 0 Å². The van der Waals surface area contributed by atoms with Gasteiger partial charge < -0.3 is 0 Å². The average molecular weight is 325 g/mol. The number of piperazine rings is 1. The van der Waals surface area contributed by atoms with Crippen LogP contribution < -0.4 is 0 Å². The molecule has 0 spiro atoms. The van der Waals surface area contributed by atoms with Crippen molar-refractivity contribution in [2.24, 2.45) is 0 Å². The Morgan fingerprint density at radius 3 is 2.41 bits per heavy atom. The highest BCUT2D eigenvalue weighted by Crippen LogP contribution is 2.18. The van der Waals surface area contributed by atoms with E-state index in [1.54, 1.807) is 0 Å². The Balaban J connectivity index is 1.64. The number of H-pyrrole nitrogens is 1. The van der Waals surface area contributed by atoms with Crippen LogP contribution in [0.25, 0.3) is 0 Å². The molecule has 0 saturated carbocycles. The highest BCUT2D eigenvalue weighted by molar-refractivity contribution is 7.89. The van der Waals surface area contributed by atoms with E-state index < -0.39 is 15.8 Å². The van der Waals surface area contributed by atoms with Gasteiger partial charge >= 0.3 is 0 Å². The highest BCUT2D eigenvalue weighted by Gasteiger charge is 2.28. The van der Waals surface area contributed by atoms with Crippen LogP contribution in [0.1, 0.15) is 5.82 Å². The summed E-state index contributed by atoms with van der Waals surface area (Å²) in [6.07, 6.45) is 1.45. The van der Waals surface area contributed by atoms with E-state index in [1.807, 2.05) is 0 Å². The summed E-state index contributed by atoms with van der Waals surface area (Å²) in [5.74, 6) is 0.311. The normalized spacial score (nSPS) is 17.7. The van der Waals surface area contributed by atoms with Gasteiger partial charge in [-0.2, -0.15) is 9.40 Å². The molecule has 0 amide bonds. The second kappa shape index (κ2) is 6.11. The van der Waals surface area contributed by atoms with E-state index in [9.17, 15) is 12.8 Å². The lowest BCUT2D eigenvalue weighted by Crippen LogP contribution is -2.48. The van der Waals surface area contributed by atoms with Gasteiger partial charge in [0.15, 0.2) is 0 Å². The van der Waals surface area contributed by atoms with Crippen LogP contribution in [0.2, 0.25) is 0 Å². The van der Waals surface area contributed by atoms with Gasteiger partial charge in [0.1, 0.15) is 18.0 Å². The van der Waals surface area contributed by atoms with E-state index in [2.05, 4.69) is 20.1 Å². The maximum Gasteiger partial charge on any atom is 0.243 e. The molecular weight excluding hydrogens is 309 g/mol. The SMILES string of the molecule is O=S(=O)(c1ccc(F)cc1)N1CCN(Cc2ncn[nH]2)CC1. The molecule has 1 fully saturated rings. The number of hydrogen-bond acceptors (Lipinski definition) is 5. The summed E-state index contributed by atoms with van der Waals surface area (Å²) in [7, 11) is -3.56. The lowest BCUT2D eigenvalue weighted by molar-refractivity contribution is 0.178. The zero-order chi connectivity index (χ0) is 15.6. The van der Waals surface area contributed by atoms with E-state index in [0.29, 0.717) is 32.7 Å². The molecule has 9 heteroatoms. The number of benzene rings is 1. The van der Waals surface area contributed by atoms with Crippen LogP contribution in [0.5, 0.6) is 0 Å². The van der Waals surface area contributed by atoms with E-state index in [4.69, 9.17) is 0 Å². The molecule has 1 aliphatic rings. The molecular formula is C13H16FN5O2S. The van der Waals surface area contributed by atoms with Crippen molar-refractivity contribution < 1.29 is 12.8 Å². The van der Waals surface area contributed by atoms with Crippen molar-refractivity contribution in [3.8, 4) is 0 Å². The maximum absolute atomic E-state index is 12.9. The molecule has 0 radical (unpaired) electrons. The Kier molecular flexibility index (Phi) is 4.19. The average Bonchev–Trinajstić information content (AvgIpc) is 3.01. The fraction of sp³-hybridized carbons (Fsp3) is 0.385. The zero-order valence-corrected chi connectivity index (χ0v) is 12.6. The van der Waals surface area contributed by atoms with Crippen molar-refractivity contribution in [1.29, 1.82) is 0 Å². The minimum Gasteiger partial charge on any atom is -0.293 e. The minimum absolute atomic E-state index is 0.123. The van der Waals surface area contributed by atoms with Gasteiger partial charge in [0.25, 0.3) is 0 Å². The van der Waals surface area contributed by atoms with Gasteiger partial charge in [-0.1, -0.05) is 0 Å². The van der Waals surface area contributed by atoms with Crippen molar-refractivity contribution in [1.82, 2.24) is 24.4 Å². The summed E-state index contributed by atoms with van der Waals surface area (Å²) in [6.45, 7) is 2.63. The monoisotopic (exact) mass is 325 g/mol. The van der Waals surface area contributed by atoms with Crippen LogP contribution in [0, 0.1) is 5.82 Å². The molecule has 118 valence electrons. The molecule has 2 aromatic rings. The molecule has 2 heterocycles. The first-order chi connectivity index (χ1) is 10.6. The molecule has 3 rings (SSSR count). The predicted octanol–water partition coefficient (Wildman–Crippen LogP) is 0.450. The highest BCUT2D eigenvalue weighted by atomic mass is 32.2. The molecule has 0 aliphatic carbocycles. The van der Waals surface area contributed by atoms with Gasteiger partial charge in [0.2, 0.25) is 10.0 Å². The number of halogens is 1. The van der Waals surface area contributed by atoms with Crippen molar-refractivity contribution in [2.75, 3.05) is 26.2 Å². The van der Waals surface area contributed by atoms with Gasteiger partial charge in [-0.15, -0.1) is 0 Å². The predicted molar refractivity (Wildman–Crippen MR) is 76.8 cm³/mol. The van der Waals surface area contributed by atoms with Crippen molar-refractivity contribution in [3.63, 3.8) is 0 Å². The first-order valence-electron chi connectivity index (χ1n) is 6.88. The van der Waals surface area contributed by atoms with Crippen LogP contribution in [-0.4, -0.2) is 59.0 Å². The fourth-order valence-corrected chi connectivity index (χ4v) is 3.82. The van der Waals surface area contributed by atoms with Gasteiger partial charge in [0.05, 0.1) is 11.4 Å². The topological polar surface area (TPSA) is 82.2 Å². The molecule has 1 aromatic carbocycles. The van der Waals surface area contributed by atoms with Crippen molar-refractivity contribution in [2.45, 2.75) is 11.4 Å². The third-order valence-corrected chi connectivity index (χ3v) is 5.53. The summed E-state index contributed by atoms with van der Waals surface area (Å²) in [4.78, 5) is 6.29. The Labute approximate surface area is 127 Å². The Morgan fingerprint density at radius 1 is 1.14 bits per heavy atom. The summed E-state index contributed by atoms with van der Waals surface area (Å²) in [5, 5.41) is 6.58. The lowest BCUT2D eigenvalue weighted by Gasteiger charge is -2.33. The number of nitrogens with zero attached hydrogens (tertiary/aromatic N) is 4. The largest absolute Gasteiger partial charge is 0.293 e. The first-order valence-corrected chi connectivity index (χ1v) is 8.32. The second-order valence-corrected chi connectivity index (χ2v) is 7.00. The third-order valence-electron chi connectivity index (χ3n) is 3.62. The maximum atomic E-state index is 12.9. The van der Waals surface area contributed by atoms with Crippen molar-refractivity contribution >= 4 is 10.0 Å². The number of aromatic nitrogens is 3. The van der Waals surface area contributed by atoms with Crippen LogP contribution in [0.15, 0.2) is 35.5 Å². The molecule has 0 bridgehead atoms. The van der Waals surface area contributed by atoms with Crippen molar-refractivity contribution in [3.05, 3.63) is 42.2 Å².